The summed E-state index contributed by atoms with van der Waals surface area (Å²) in [5, 5.41) is 12.4. The van der Waals surface area contributed by atoms with E-state index in [0.717, 1.165) is 11.5 Å². The van der Waals surface area contributed by atoms with Gasteiger partial charge >= 0.3 is 0 Å². The van der Waals surface area contributed by atoms with Crippen LogP contribution in [-0.2, 0) is 12.6 Å². The summed E-state index contributed by atoms with van der Waals surface area (Å²) in [4.78, 5) is 0. The molecule has 0 saturated carbocycles. The second-order valence-corrected chi connectivity index (χ2v) is 4.44. The molecule has 2 N–H and O–H groups in total. The minimum absolute atomic E-state index is 0.367. The number of rotatable bonds is 2. The van der Waals surface area contributed by atoms with Crippen molar-refractivity contribution in [2.45, 2.75) is 26.3 Å². The van der Waals surface area contributed by atoms with E-state index in [0.29, 0.717) is 5.69 Å². The first-order valence-electron chi connectivity index (χ1n) is 5.09. The molecule has 0 aliphatic carbocycles. The molecule has 2 aromatic heterocycles. The minimum atomic E-state index is -0.367. The van der Waals surface area contributed by atoms with E-state index in [1.807, 2.05) is 43.3 Å². The van der Waals surface area contributed by atoms with Gasteiger partial charge < -0.3 is 10.3 Å². The van der Waals surface area contributed by atoms with Crippen molar-refractivity contribution in [2.24, 2.45) is 7.05 Å². The maximum atomic E-state index is 5.80. The van der Waals surface area contributed by atoms with Crippen LogP contribution in [0.4, 0.5) is 5.69 Å². The molecule has 0 aliphatic heterocycles. The summed E-state index contributed by atoms with van der Waals surface area (Å²) in [6.45, 7) is 5.95. The fraction of sp³-hybridized carbons (Fsp3) is 0.500. The van der Waals surface area contributed by atoms with Gasteiger partial charge in [-0.15, -0.1) is 10.2 Å². The van der Waals surface area contributed by atoms with E-state index in [9.17, 15) is 0 Å². The van der Waals surface area contributed by atoms with Crippen LogP contribution in [0.3, 0.4) is 0 Å². The number of anilines is 1. The van der Waals surface area contributed by atoms with Crippen molar-refractivity contribution in [1.82, 2.24) is 24.5 Å². The zero-order valence-corrected chi connectivity index (χ0v) is 9.97. The Hall–Kier alpha value is -1.85. The maximum absolute atomic E-state index is 5.80. The number of hydrogen-bond donors (Lipinski definition) is 1. The molecule has 86 valence electrons. The third-order valence-electron chi connectivity index (χ3n) is 2.77. The van der Waals surface area contributed by atoms with Crippen LogP contribution < -0.4 is 5.73 Å². The lowest BCUT2D eigenvalue weighted by Gasteiger charge is -2.23. The van der Waals surface area contributed by atoms with Crippen LogP contribution >= 0.6 is 0 Å². The largest absolute Gasteiger partial charge is 0.396 e. The molecule has 0 atom stereocenters. The van der Waals surface area contributed by atoms with Crippen molar-refractivity contribution in [3.63, 3.8) is 0 Å². The zero-order chi connectivity index (χ0) is 11.9. The van der Waals surface area contributed by atoms with E-state index in [4.69, 9.17) is 5.73 Å². The van der Waals surface area contributed by atoms with Crippen molar-refractivity contribution in [3.05, 3.63) is 24.0 Å². The number of nitrogens with two attached hydrogens (primary N) is 1. The van der Waals surface area contributed by atoms with Crippen molar-refractivity contribution < 1.29 is 0 Å². The first-order valence-corrected chi connectivity index (χ1v) is 5.09. The van der Waals surface area contributed by atoms with Crippen LogP contribution in [0.1, 0.15) is 25.4 Å². The molecule has 0 radical (unpaired) electrons. The summed E-state index contributed by atoms with van der Waals surface area (Å²) in [6, 6.07) is 0. The fourth-order valence-corrected chi connectivity index (χ4v) is 1.70. The van der Waals surface area contributed by atoms with E-state index in [1.165, 1.54) is 0 Å². The Morgan fingerprint density at radius 1 is 1.38 bits per heavy atom. The number of aromatic nitrogens is 5. The highest BCUT2D eigenvalue weighted by Gasteiger charge is 2.29. The normalized spacial score (nSPS) is 12.0. The summed E-state index contributed by atoms with van der Waals surface area (Å²) in [7, 11) is 1.91. The van der Waals surface area contributed by atoms with Gasteiger partial charge in [0.15, 0.2) is 5.82 Å². The van der Waals surface area contributed by atoms with Gasteiger partial charge in [0.2, 0.25) is 0 Å². The van der Waals surface area contributed by atoms with Gasteiger partial charge in [-0.3, -0.25) is 4.68 Å². The lowest BCUT2D eigenvalue weighted by molar-refractivity contribution is 0.356. The molecular weight excluding hydrogens is 204 g/mol. The van der Waals surface area contributed by atoms with Gasteiger partial charge in [0.05, 0.1) is 11.4 Å². The number of hydrogen-bond acceptors (Lipinski definition) is 4. The summed E-state index contributed by atoms with van der Waals surface area (Å²) in [5.41, 5.74) is 6.95. The third kappa shape index (κ3) is 1.46. The highest BCUT2D eigenvalue weighted by Crippen LogP contribution is 2.24. The smallest absolute Gasteiger partial charge is 0.160 e. The molecule has 0 spiro atoms. The van der Waals surface area contributed by atoms with E-state index < -0.39 is 0 Å². The monoisotopic (exact) mass is 220 g/mol. The predicted molar refractivity (Wildman–Crippen MR) is 60.8 cm³/mol. The van der Waals surface area contributed by atoms with Crippen LogP contribution in [0.5, 0.6) is 0 Å². The van der Waals surface area contributed by atoms with Gasteiger partial charge in [-0.2, -0.15) is 5.10 Å². The second-order valence-electron chi connectivity index (χ2n) is 4.44. The van der Waals surface area contributed by atoms with Gasteiger partial charge in [-0.1, -0.05) is 0 Å². The molecular formula is C10H16N6. The maximum Gasteiger partial charge on any atom is 0.160 e. The summed E-state index contributed by atoms with van der Waals surface area (Å²) in [5.74, 6) is 0.843. The third-order valence-corrected chi connectivity index (χ3v) is 2.77. The van der Waals surface area contributed by atoms with E-state index in [-0.39, 0.29) is 5.54 Å². The summed E-state index contributed by atoms with van der Waals surface area (Å²) in [6.07, 6.45) is 3.50. The van der Waals surface area contributed by atoms with Gasteiger partial charge in [-0.05, 0) is 20.8 Å². The minimum Gasteiger partial charge on any atom is -0.396 e. The topological polar surface area (TPSA) is 74.5 Å². The lowest BCUT2D eigenvalue weighted by Crippen LogP contribution is -2.31. The first kappa shape index (κ1) is 10.7. The molecule has 0 amide bonds. The quantitative estimate of drug-likeness (QED) is 0.807. The SMILES string of the molecule is Cc1nn(C(C)(C)c2nncn2C)cc1N. The first-order chi connectivity index (χ1) is 7.43. The number of nitrogen functional groups attached to an aromatic ring is 1. The van der Waals surface area contributed by atoms with Crippen LogP contribution in [0.2, 0.25) is 0 Å². The lowest BCUT2D eigenvalue weighted by atomic mass is 10.1. The van der Waals surface area contributed by atoms with Crippen LogP contribution in [-0.4, -0.2) is 24.5 Å². The van der Waals surface area contributed by atoms with Crippen LogP contribution in [0.15, 0.2) is 12.5 Å². The Kier molecular flexibility index (Phi) is 2.22. The molecule has 16 heavy (non-hydrogen) atoms. The molecule has 0 saturated heterocycles. The van der Waals surface area contributed by atoms with Crippen molar-refractivity contribution in [1.29, 1.82) is 0 Å². The van der Waals surface area contributed by atoms with Gasteiger partial charge in [0.1, 0.15) is 11.9 Å². The average Bonchev–Trinajstić information content (AvgIpc) is 2.75. The molecule has 2 rings (SSSR count). The molecule has 6 nitrogen and oxygen atoms in total. The van der Waals surface area contributed by atoms with Crippen LogP contribution in [0, 0.1) is 6.92 Å². The summed E-state index contributed by atoms with van der Waals surface area (Å²) >= 11 is 0. The molecule has 2 aromatic rings. The number of aryl methyl sites for hydroxylation is 2. The van der Waals surface area contributed by atoms with Crippen LogP contribution in [0.25, 0.3) is 0 Å². The molecule has 2 heterocycles. The average molecular weight is 220 g/mol. The van der Waals surface area contributed by atoms with Gasteiger partial charge in [0.25, 0.3) is 0 Å². The van der Waals surface area contributed by atoms with E-state index in [2.05, 4.69) is 15.3 Å². The van der Waals surface area contributed by atoms with Crippen molar-refractivity contribution >= 4 is 5.69 Å². The Bertz CT molecular complexity index is 488. The van der Waals surface area contributed by atoms with Crippen molar-refractivity contribution in [3.8, 4) is 0 Å². The molecule has 0 aromatic carbocycles. The summed E-state index contributed by atoms with van der Waals surface area (Å²) < 4.78 is 3.70. The number of nitrogens with zero attached hydrogens (tertiary/aromatic N) is 5. The Morgan fingerprint density at radius 3 is 2.50 bits per heavy atom. The standard InChI is InChI=1S/C10H16N6/c1-7-8(11)5-16(14-7)10(2,3)9-13-12-6-15(9)4/h5-6H,11H2,1-4H3. The van der Waals surface area contributed by atoms with Gasteiger partial charge in [0, 0.05) is 13.2 Å². The zero-order valence-electron chi connectivity index (χ0n) is 9.97. The highest BCUT2D eigenvalue weighted by atomic mass is 15.4. The second kappa shape index (κ2) is 3.33. The van der Waals surface area contributed by atoms with E-state index >= 15 is 0 Å². The van der Waals surface area contributed by atoms with E-state index in [1.54, 1.807) is 6.33 Å². The Morgan fingerprint density at radius 2 is 2.06 bits per heavy atom. The molecule has 0 aliphatic rings. The molecule has 0 fully saturated rings. The fourth-order valence-electron chi connectivity index (χ4n) is 1.70. The predicted octanol–water partition coefficient (Wildman–Crippen LogP) is 0.686. The molecule has 0 bridgehead atoms. The van der Waals surface area contributed by atoms with Gasteiger partial charge in [-0.25, -0.2) is 0 Å². The van der Waals surface area contributed by atoms with Crippen molar-refractivity contribution in [2.75, 3.05) is 5.73 Å². The molecule has 0 unspecified atom stereocenters. The Labute approximate surface area is 94.1 Å². The highest BCUT2D eigenvalue weighted by molar-refractivity contribution is 5.40. The Balaban J connectivity index is 2.50. The molecule has 6 heteroatoms.